The van der Waals surface area contributed by atoms with Crippen molar-refractivity contribution in [2.75, 3.05) is 26.2 Å². The van der Waals surface area contributed by atoms with Crippen molar-refractivity contribution in [1.29, 1.82) is 0 Å². The Balaban J connectivity index is 1.70. The van der Waals surface area contributed by atoms with Gasteiger partial charge in [-0.1, -0.05) is 6.92 Å². The van der Waals surface area contributed by atoms with Crippen LogP contribution in [0.15, 0.2) is 18.3 Å². The molecule has 2 aliphatic heterocycles. The van der Waals surface area contributed by atoms with E-state index in [9.17, 15) is 0 Å². The summed E-state index contributed by atoms with van der Waals surface area (Å²) in [6.07, 6.45) is 6.65. The van der Waals surface area contributed by atoms with Gasteiger partial charge in [-0.3, -0.25) is 0 Å². The lowest BCUT2D eigenvalue weighted by atomic mass is 10.1. The van der Waals surface area contributed by atoms with Gasteiger partial charge in [-0.15, -0.1) is 0 Å². The van der Waals surface area contributed by atoms with Crippen molar-refractivity contribution < 1.29 is 4.74 Å². The molecule has 0 radical (unpaired) electrons. The van der Waals surface area contributed by atoms with Crippen LogP contribution in [0.25, 0.3) is 11.2 Å². The molecule has 4 heterocycles. The fourth-order valence-electron chi connectivity index (χ4n) is 3.82. The highest BCUT2D eigenvalue weighted by atomic mass is 16.5. The molecule has 0 spiro atoms. The molecule has 22 heavy (non-hydrogen) atoms. The number of hydrogen-bond acceptors (Lipinski definition) is 4. The van der Waals surface area contributed by atoms with Gasteiger partial charge in [0.1, 0.15) is 11.3 Å². The number of likely N-dealkylation sites (N-methyl/N-ethyl adjacent to an activating group) is 1. The summed E-state index contributed by atoms with van der Waals surface area (Å²) in [7, 11) is 0. The number of ether oxygens (including phenoxy) is 1. The highest BCUT2D eigenvalue weighted by Crippen LogP contribution is 2.28. The van der Waals surface area contributed by atoms with Gasteiger partial charge in [-0.25, -0.2) is 9.97 Å². The third-order valence-corrected chi connectivity index (χ3v) is 5.02. The van der Waals surface area contributed by atoms with E-state index in [4.69, 9.17) is 9.72 Å². The van der Waals surface area contributed by atoms with Crippen molar-refractivity contribution in [2.45, 2.75) is 44.8 Å². The van der Waals surface area contributed by atoms with E-state index < -0.39 is 0 Å². The number of hydrogen-bond donors (Lipinski definition) is 0. The summed E-state index contributed by atoms with van der Waals surface area (Å²) in [6, 6.07) is 4.55. The van der Waals surface area contributed by atoms with E-state index in [1.54, 1.807) is 0 Å². The summed E-state index contributed by atoms with van der Waals surface area (Å²) < 4.78 is 8.22. The smallest absolute Gasteiger partial charge is 0.160 e. The van der Waals surface area contributed by atoms with Gasteiger partial charge in [0.25, 0.3) is 0 Å². The number of aromatic nitrogens is 3. The van der Waals surface area contributed by atoms with E-state index in [1.165, 1.54) is 19.4 Å². The van der Waals surface area contributed by atoms with Crippen LogP contribution in [0.5, 0.6) is 0 Å². The zero-order valence-electron chi connectivity index (χ0n) is 13.2. The molecule has 0 saturated carbocycles. The first-order chi connectivity index (χ1) is 10.8. The lowest BCUT2D eigenvalue weighted by molar-refractivity contribution is 0.109. The first-order valence-corrected chi connectivity index (χ1v) is 8.51. The third kappa shape index (κ3) is 2.52. The van der Waals surface area contributed by atoms with E-state index in [0.29, 0.717) is 12.1 Å². The monoisotopic (exact) mass is 300 g/mol. The van der Waals surface area contributed by atoms with Crippen molar-refractivity contribution in [3.8, 4) is 0 Å². The van der Waals surface area contributed by atoms with Gasteiger partial charge in [-0.05, 0) is 37.9 Å². The Morgan fingerprint density at radius 3 is 3.09 bits per heavy atom. The second-order valence-corrected chi connectivity index (χ2v) is 6.42. The SMILES string of the molecule is CCN1CCC(n2c(CC3CCCO3)nc3cccnc32)C1. The van der Waals surface area contributed by atoms with Gasteiger partial charge in [0.2, 0.25) is 0 Å². The second-order valence-electron chi connectivity index (χ2n) is 6.42. The van der Waals surface area contributed by atoms with Crippen LogP contribution in [0.2, 0.25) is 0 Å². The Bertz CT molecular complexity index is 647. The van der Waals surface area contributed by atoms with Crippen LogP contribution in [-0.4, -0.2) is 51.8 Å². The first kappa shape index (κ1) is 14.2. The summed E-state index contributed by atoms with van der Waals surface area (Å²) in [6.45, 7) is 6.54. The molecule has 2 aliphatic rings. The Morgan fingerprint density at radius 2 is 2.32 bits per heavy atom. The van der Waals surface area contributed by atoms with Gasteiger partial charge < -0.3 is 14.2 Å². The van der Waals surface area contributed by atoms with Crippen LogP contribution in [0.4, 0.5) is 0 Å². The minimum atomic E-state index is 0.333. The first-order valence-electron chi connectivity index (χ1n) is 8.51. The molecule has 118 valence electrons. The zero-order chi connectivity index (χ0) is 14.9. The van der Waals surface area contributed by atoms with Gasteiger partial charge >= 0.3 is 0 Å². The molecule has 2 atom stereocenters. The maximum atomic E-state index is 5.83. The molecule has 0 aliphatic carbocycles. The Kier molecular flexibility index (Phi) is 3.84. The maximum absolute atomic E-state index is 5.83. The molecule has 4 rings (SSSR count). The molecule has 2 saturated heterocycles. The average molecular weight is 300 g/mol. The highest BCUT2D eigenvalue weighted by Gasteiger charge is 2.28. The average Bonchev–Trinajstić information content (AvgIpc) is 3.25. The largest absolute Gasteiger partial charge is 0.378 e. The molecule has 2 unspecified atom stereocenters. The lowest BCUT2D eigenvalue weighted by Gasteiger charge is -2.18. The van der Waals surface area contributed by atoms with E-state index in [0.717, 1.165) is 49.5 Å². The normalized spacial score (nSPS) is 26.2. The maximum Gasteiger partial charge on any atom is 0.160 e. The number of pyridine rings is 1. The van der Waals surface area contributed by atoms with E-state index in [1.807, 2.05) is 12.3 Å². The standard InChI is InChI=1S/C17H24N4O/c1-2-20-9-7-13(12-20)21-16(11-14-5-4-10-22-14)19-15-6-3-8-18-17(15)21/h3,6,8,13-14H,2,4-5,7,9-12H2,1H3. The topological polar surface area (TPSA) is 43.2 Å². The van der Waals surface area contributed by atoms with Crippen molar-refractivity contribution in [3.05, 3.63) is 24.2 Å². The van der Waals surface area contributed by atoms with E-state index >= 15 is 0 Å². The number of nitrogens with zero attached hydrogens (tertiary/aromatic N) is 4. The van der Waals surface area contributed by atoms with Gasteiger partial charge in [-0.2, -0.15) is 0 Å². The summed E-state index contributed by atoms with van der Waals surface area (Å²) in [5.74, 6) is 1.16. The molecule has 0 bridgehead atoms. The van der Waals surface area contributed by atoms with Gasteiger partial charge in [0, 0.05) is 32.3 Å². The third-order valence-electron chi connectivity index (χ3n) is 5.02. The zero-order valence-corrected chi connectivity index (χ0v) is 13.2. The number of likely N-dealkylation sites (tertiary alicyclic amines) is 1. The molecule has 5 heteroatoms. The van der Waals surface area contributed by atoms with Crippen LogP contribution >= 0.6 is 0 Å². The van der Waals surface area contributed by atoms with Crippen LogP contribution in [0.3, 0.4) is 0 Å². The van der Waals surface area contributed by atoms with Crippen molar-refractivity contribution in [2.24, 2.45) is 0 Å². The Morgan fingerprint density at radius 1 is 1.36 bits per heavy atom. The molecule has 5 nitrogen and oxygen atoms in total. The lowest BCUT2D eigenvalue weighted by Crippen LogP contribution is -2.23. The van der Waals surface area contributed by atoms with E-state index in [-0.39, 0.29) is 0 Å². The summed E-state index contributed by atoms with van der Waals surface area (Å²) in [5, 5.41) is 0. The summed E-state index contributed by atoms with van der Waals surface area (Å²) in [5.41, 5.74) is 2.06. The number of rotatable bonds is 4. The van der Waals surface area contributed by atoms with Crippen molar-refractivity contribution in [1.82, 2.24) is 19.4 Å². The minimum Gasteiger partial charge on any atom is -0.378 e. The van der Waals surface area contributed by atoms with Crippen molar-refractivity contribution in [3.63, 3.8) is 0 Å². The number of fused-ring (bicyclic) bond motifs is 1. The van der Waals surface area contributed by atoms with Crippen LogP contribution in [0, 0.1) is 0 Å². The molecular formula is C17H24N4O. The van der Waals surface area contributed by atoms with Gasteiger partial charge in [0.15, 0.2) is 5.65 Å². The van der Waals surface area contributed by atoms with Crippen LogP contribution < -0.4 is 0 Å². The Hall–Kier alpha value is -1.46. The molecule has 2 fully saturated rings. The molecule has 0 aromatic carbocycles. The molecule has 0 amide bonds. The highest BCUT2D eigenvalue weighted by molar-refractivity contribution is 5.71. The Labute approximate surface area is 131 Å². The minimum absolute atomic E-state index is 0.333. The number of imidazole rings is 1. The fourth-order valence-corrected chi connectivity index (χ4v) is 3.82. The van der Waals surface area contributed by atoms with Crippen LogP contribution in [-0.2, 0) is 11.2 Å². The quantitative estimate of drug-likeness (QED) is 0.870. The fraction of sp³-hybridized carbons (Fsp3) is 0.647. The van der Waals surface area contributed by atoms with Crippen molar-refractivity contribution >= 4 is 11.2 Å². The van der Waals surface area contributed by atoms with Crippen LogP contribution in [0.1, 0.15) is 38.1 Å². The molecule has 2 aromatic rings. The summed E-state index contributed by atoms with van der Waals surface area (Å²) in [4.78, 5) is 12.0. The molecular weight excluding hydrogens is 276 g/mol. The molecule has 0 N–H and O–H groups in total. The van der Waals surface area contributed by atoms with Gasteiger partial charge in [0.05, 0.1) is 12.1 Å². The predicted octanol–water partition coefficient (Wildman–Crippen LogP) is 2.42. The molecule has 2 aromatic heterocycles. The second kappa shape index (κ2) is 5.97. The van der Waals surface area contributed by atoms with E-state index in [2.05, 4.69) is 27.4 Å². The predicted molar refractivity (Wildman–Crippen MR) is 86.0 cm³/mol. The summed E-state index contributed by atoms with van der Waals surface area (Å²) >= 11 is 0.